The minimum atomic E-state index is -0.700. The van der Waals surface area contributed by atoms with Crippen LogP contribution in [0.3, 0.4) is 0 Å². The van der Waals surface area contributed by atoms with Crippen molar-refractivity contribution in [3.8, 4) is 11.5 Å². The average molecular weight is 409 g/mol. The van der Waals surface area contributed by atoms with Crippen LogP contribution in [-0.4, -0.2) is 40.0 Å². The fraction of sp³-hybridized carbons (Fsp3) is 0.333. The van der Waals surface area contributed by atoms with Gasteiger partial charge in [0.25, 0.3) is 11.7 Å². The summed E-state index contributed by atoms with van der Waals surface area (Å²) in [5.41, 5.74) is 1.16. The molecule has 0 bridgehead atoms. The molecule has 1 aliphatic heterocycles. The SMILES string of the molecule is CCCCCN1C(=O)C(=O)/C(=C(\O)c2ccc(OCC)cc2)C1c1ccc(O)cc1. The number of amides is 1. The summed E-state index contributed by atoms with van der Waals surface area (Å²) in [6, 6.07) is 12.4. The number of aromatic hydroxyl groups is 1. The molecule has 0 aromatic heterocycles. The van der Waals surface area contributed by atoms with Crippen molar-refractivity contribution in [3.05, 3.63) is 65.2 Å². The van der Waals surface area contributed by atoms with Gasteiger partial charge >= 0.3 is 0 Å². The molecule has 6 heteroatoms. The number of phenols is 1. The van der Waals surface area contributed by atoms with Gasteiger partial charge in [0.15, 0.2) is 0 Å². The molecule has 0 aliphatic carbocycles. The molecule has 0 saturated carbocycles. The molecule has 6 nitrogen and oxygen atoms in total. The van der Waals surface area contributed by atoms with Crippen LogP contribution in [0.25, 0.3) is 5.76 Å². The summed E-state index contributed by atoms with van der Waals surface area (Å²) in [5.74, 6) is -0.780. The van der Waals surface area contributed by atoms with Crippen molar-refractivity contribution < 1.29 is 24.5 Å². The van der Waals surface area contributed by atoms with Crippen LogP contribution in [0.1, 0.15) is 50.3 Å². The van der Waals surface area contributed by atoms with Gasteiger partial charge in [-0.15, -0.1) is 0 Å². The third-order valence-electron chi connectivity index (χ3n) is 5.19. The number of ketones is 1. The first-order chi connectivity index (χ1) is 14.5. The molecule has 1 unspecified atom stereocenters. The summed E-state index contributed by atoms with van der Waals surface area (Å²) in [7, 11) is 0. The molecule has 1 atom stereocenters. The minimum absolute atomic E-state index is 0.0614. The Hall–Kier alpha value is -3.28. The molecular weight excluding hydrogens is 382 g/mol. The number of hydrogen-bond acceptors (Lipinski definition) is 5. The number of rotatable bonds is 8. The van der Waals surface area contributed by atoms with Crippen LogP contribution in [0.15, 0.2) is 54.1 Å². The Bertz CT molecular complexity index is 931. The second-order valence-corrected chi connectivity index (χ2v) is 7.25. The number of likely N-dealkylation sites (tertiary alicyclic amines) is 1. The molecule has 1 amide bonds. The van der Waals surface area contributed by atoms with Crippen molar-refractivity contribution in [1.82, 2.24) is 4.90 Å². The van der Waals surface area contributed by atoms with Gasteiger partial charge in [-0.25, -0.2) is 0 Å². The number of phenolic OH excluding ortho intramolecular Hbond substituents is 1. The van der Waals surface area contributed by atoms with E-state index in [2.05, 4.69) is 6.92 Å². The molecule has 1 saturated heterocycles. The molecule has 158 valence electrons. The molecule has 0 radical (unpaired) electrons. The van der Waals surface area contributed by atoms with Crippen molar-refractivity contribution in [2.45, 2.75) is 39.2 Å². The Morgan fingerprint density at radius 1 is 1.00 bits per heavy atom. The van der Waals surface area contributed by atoms with Crippen LogP contribution in [0.2, 0.25) is 0 Å². The van der Waals surface area contributed by atoms with Crippen LogP contribution in [0, 0.1) is 0 Å². The molecule has 1 fully saturated rings. The van der Waals surface area contributed by atoms with Gasteiger partial charge in [-0.1, -0.05) is 31.9 Å². The quantitative estimate of drug-likeness (QED) is 0.292. The monoisotopic (exact) mass is 409 g/mol. The van der Waals surface area contributed by atoms with Crippen LogP contribution in [-0.2, 0) is 9.59 Å². The number of hydrogen-bond donors (Lipinski definition) is 2. The van der Waals surface area contributed by atoms with E-state index < -0.39 is 17.7 Å². The first kappa shape index (κ1) is 21.4. The number of unbranched alkanes of at least 4 members (excludes halogenated alkanes) is 2. The Morgan fingerprint density at radius 3 is 2.27 bits per heavy atom. The standard InChI is InChI=1S/C24H27NO5/c1-3-5-6-15-25-21(16-7-11-18(26)12-8-16)20(23(28)24(25)29)22(27)17-9-13-19(14-10-17)30-4-2/h7-14,21,26-27H,3-6,15H2,1-2H3/b22-20-. The van der Waals surface area contributed by atoms with E-state index in [1.165, 1.54) is 17.0 Å². The second-order valence-electron chi connectivity index (χ2n) is 7.25. The average Bonchev–Trinajstić information content (AvgIpc) is 3.00. The van der Waals surface area contributed by atoms with Gasteiger partial charge in [-0.3, -0.25) is 9.59 Å². The number of carbonyl (C=O) groups excluding carboxylic acids is 2. The van der Waals surface area contributed by atoms with Crippen LogP contribution >= 0.6 is 0 Å². The number of benzene rings is 2. The second kappa shape index (κ2) is 9.48. The predicted molar refractivity (Wildman–Crippen MR) is 114 cm³/mol. The van der Waals surface area contributed by atoms with Gasteiger partial charge in [0.2, 0.25) is 0 Å². The molecule has 1 heterocycles. The third-order valence-corrected chi connectivity index (χ3v) is 5.19. The van der Waals surface area contributed by atoms with Crippen molar-refractivity contribution >= 4 is 17.4 Å². The summed E-state index contributed by atoms with van der Waals surface area (Å²) in [4.78, 5) is 27.2. The summed E-state index contributed by atoms with van der Waals surface area (Å²) >= 11 is 0. The summed E-state index contributed by atoms with van der Waals surface area (Å²) in [6.45, 7) is 4.89. The number of aliphatic hydroxyl groups excluding tert-OH is 1. The summed E-state index contributed by atoms with van der Waals surface area (Å²) in [6.07, 6.45) is 2.69. The molecular formula is C24H27NO5. The smallest absolute Gasteiger partial charge is 0.295 e. The topological polar surface area (TPSA) is 87.1 Å². The highest BCUT2D eigenvalue weighted by atomic mass is 16.5. The Labute approximate surface area is 176 Å². The fourth-order valence-electron chi connectivity index (χ4n) is 3.68. The maximum Gasteiger partial charge on any atom is 0.295 e. The predicted octanol–water partition coefficient (Wildman–Crippen LogP) is 4.40. The van der Waals surface area contributed by atoms with Gasteiger partial charge in [0.05, 0.1) is 18.2 Å². The van der Waals surface area contributed by atoms with Gasteiger partial charge < -0.3 is 19.8 Å². The molecule has 1 aliphatic rings. The highest BCUT2D eigenvalue weighted by molar-refractivity contribution is 6.46. The molecule has 2 aromatic carbocycles. The van der Waals surface area contributed by atoms with Crippen molar-refractivity contribution in [2.75, 3.05) is 13.2 Å². The third kappa shape index (κ3) is 4.32. The maximum absolute atomic E-state index is 12.9. The minimum Gasteiger partial charge on any atom is -0.508 e. The van der Waals surface area contributed by atoms with Gasteiger partial charge in [0, 0.05) is 12.1 Å². The number of Topliss-reactive ketones (excluding diaryl/α,β-unsaturated/α-hetero) is 1. The van der Waals surface area contributed by atoms with Crippen LogP contribution in [0.5, 0.6) is 11.5 Å². The highest BCUT2D eigenvalue weighted by Gasteiger charge is 2.45. The lowest BCUT2D eigenvalue weighted by atomic mass is 9.95. The number of carbonyl (C=O) groups is 2. The Balaban J connectivity index is 2.06. The zero-order chi connectivity index (χ0) is 21.7. The summed E-state index contributed by atoms with van der Waals surface area (Å²) in [5, 5.41) is 20.6. The Morgan fingerprint density at radius 2 is 1.67 bits per heavy atom. The molecule has 2 N–H and O–H groups in total. The Kier molecular flexibility index (Phi) is 6.77. The van der Waals surface area contributed by atoms with Gasteiger partial charge in [-0.2, -0.15) is 0 Å². The zero-order valence-corrected chi connectivity index (χ0v) is 17.3. The lowest BCUT2D eigenvalue weighted by molar-refractivity contribution is -0.139. The van der Waals surface area contributed by atoms with Crippen LogP contribution in [0.4, 0.5) is 0 Å². The van der Waals surface area contributed by atoms with E-state index in [0.29, 0.717) is 30.0 Å². The maximum atomic E-state index is 12.9. The molecule has 0 spiro atoms. The van der Waals surface area contributed by atoms with E-state index in [0.717, 1.165) is 19.3 Å². The first-order valence-electron chi connectivity index (χ1n) is 10.3. The van der Waals surface area contributed by atoms with Crippen LogP contribution < -0.4 is 4.74 Å². The van der Waals surface area contributed by atoms with E-state index in [1.807, 2.05) is 6.92 Å². The number of nitrogens with zero attached hydrogens (tertiary/aromatic N) is 1. The van der Waals surface area contributed by atoms with Gasteiger partial charge in [0.1, 0.15) is 17.3 Å². The lowest BCUT2D eigenvalue weighted by Crippen LogP contribution is -2.30. The lowest BCUT2D eigenvalue weighted by Gasteiger charge is -2.25. The van der Waals surface area contributed by atoms with E-state index in [9.17, 15) is 19.8 Å². The van der Waals surface area contributed by atoms with Crippen molar-refractivity contribution in [2.24, 2.45) is 0 Å². The largest absolute Gasteiger partial charge is 0.508 e. The fourth-order valence-corrected chi connectivity index (χ4v) is 3.68. The van der Waals surface area contributed by atoms with E-state index >= 15 is 0 Å². The first-order valence-corrected chi connectivity index (χ1v) is 10.3. The highest BCUT2D eigenvalue weighted by Crippen LogP contribution is 2.40. The molecule has 30 heavy (non-hydrogen) atoms. The van der Waals surface area contributed by atoms with E-state index in [-0.39, 0.29) is 17.1 Å². The number of aliphatic hydroxyl groups is 1. The van der Waals surface area contributed by atoms with Crippen molar-refractivity contribution in [1.29, 1.82) is 0 Å². The normalized spacial score (nSPS) is 18.1. The van der Waals surface area contributed by atoms with Crippen molar-refractivity contribution in [3.63, 3.8) is 0 Å². The zero-order valence-electron chi connectivity index (χ0n) is 17.3. The summed E-state index contributed by atoms with van der Waals surface area (Å²) < 4.78 is 5.43. The number of ether oxygens (including phenoxy) is 1. The molecule has 2 aromatic rings. The molecule has 3 rings (SSSR count). The van der Waals surface area contributed by atoms with E-state index in [4.69, 9.17) is 4.74 Å². The van der Waals surface area contributed by atoms with Gasteiger partial charge in [-0.05, 0) is 55.3 Å². The van der Waals surface area contributed by atoms with E-state index in [1.54, 1.807) is 36.4 Å².